The highest BCUT2D eigenvalue weighted by Crippen LogP contribution is 2.44. The third kappa shape index (κ3) is 4.90. The minimum absolute atomic E-state index is 0.259. The van der Waals surface area contributed by atoms with Crippen LogP contribution < -0.4 is 5.73 Å². The smallest absolute Gasteiger partial charge is 0.404 e. The van der Waals surface area contributed by atoms with Gasteiger partial charge in [-0.15, -0.1) is 0 Å². The predicted octanol–water partition coefficient (Wildman–Crippen LogP) is 5.38. The minimum atomic E-state index is -0.734. The van der Waals surface area contributed by atoms with Gasteiger partial charge in [0.15, 0.2) is 0 Å². The number of nitrogens with two attached hydrogens (primary N) is 1. The Morgan fingerprint density at radius 1 is 1.25 bits per heavy atom. The zero-order valence-corrected chi connectivity index (χ0v) is 18.3. The number of rotatable bonds is 8. The fraction of sp³-hybridized carbons (Fsp3) is 0.545. The van der Waals surface area contributed by atoms with Crippen LogP contribution in [-0.2, 0) is 11.2 Å². The Morgan fingerprint density at radius 3 is 2.43 bits per heavy atom. The van der Waals surface area contributed by atoms with Gasteiger partial charge in [0.1, 0.15) is 17.5 Å². The van der Waals surface area contributed by atoms with E-state index in [4.69, 9.17) is 15.5 Å². The molecular formula is C22H31N3O2S. The van der Waals surface area contributed by atoms with Gasteiger partial charge in [0, 0.05) is 17.4 Å². The van der Waals surface area contributed by atoms with E-state index in [9.17, 15) is 4.79 Å². The van der Waals surface area contributed by atoms with Crippen molar-refractivity contribution in [2.75, 3.05) is 6.61 Å². The van der Waals surface area contributed by atoms with Gasteiger partial charge in [-0.2, -0.15) is 0 Å². The highest BCUT2D eigenvalue weighted by atomic mass is 32.2. The molecule has 0 bridgehead atoms. The molecule has 0 saturated heterocycles. The molecule has 1 aromatic carbocycles. The highest BCUT2D eigenvalue weighted by molar-refractivity contribution is 7.99. The number of hydrogen-bond acceptors (Lipinski definition) is 4. The second-order valence-corrected chi connectivity index (χ2v) is 9.23. The van der Waals surface area contributed by atoms with Crippen molar-refractivity contribution in [1.82, 2.24) is 9.55 Å². The number of ether oxygens (including phenoxy) is 1. The Bertz CT molecular complexity index is 835. The van der Waals surface area contributed by atoms with E-state index in [0.29, 0.717) is 24.3 Å². The fourth-order valence-electron chi connectivity index (χ4n) is 3.69. The van der Waals surface area contributed by atoms with E-state index in [1.165, 1.54) is 33.9 Å². The van der Waals surface area contributed by atoms with Crippen LogP contribution in [0.2, 0.25) is 0 Å². The first-order valence-corrected chi connectivity index (χ1v) is 10.9. The van der Waals surface area contributed by atoms with Crippen LogP contribution in [0.1, 0.15) is 68.2 Å². The Labute approximate surface area is 172 Å². The third-order valence-corrected chi connectivity index (χ3v) is 6.27. The van der Waals surface area contributed by atoms with E-state index in [1.54, 1.807) is 11.8 Å². The molecule has 5 nitrogen and oxygen atoms in total. The molecule has 1 amide bonds. The van der Waals surface area contributed by atoms with E-state index in [2.05, 4.69) is 57.4 Å². The van der Waals surface area contributed by atoms with E-state index >= 15 is 0 Å². The standard InChI is InChI=1S/C22H31N3O2S/c1-13(2)20-21(28-18-11-14(3)10-15(4)12-18)25(16(5)17-6-7-17)19(24-20)8-9-27-22(23)26/h10-13,16-17H,6-9H2,1-5H3,(H2,23,26). The van der Waals surface area contributed by atoms with Crippen molar-refractivity contribution in [2.45, 2.75) is 75.8 Å². The van der Waals surface area contributed by atoms with E-state index in [0.717, 1.165) is 11.5 Å². The molecule has 1 unspecified atom stereocenters. The number of imidazole rings is 1. The lowest BCUT2D eigenvalue weighted by atomic mass is 10.1. The molecule has 28 heavy (non-hydrogen) atoms. The summed E-state index contributed by atoms with van der Waals surface area (Å²) in [4.78, 5) is 17.2. The third-order valence-electron chi connectivity index (χ3n) is 5.20. The van der Waals surface area contributed by atoms with Crippen LogP contribution in [-0.4, -0.2) is 22.3 Å². The molecule has 1 heterocycles. The van der Waals surface area contributed by atoms with Gasteiger partial charge in [-0.3, -0.25) is 0 Å². The molecule has 1 aliphatic rings. The van der Waals surface area contributed by atoms with Crippen LogP contribution >= 0.6 is 11.8 Å². The van der Waals surface area contributed by atoms with Gasteiger partial charge < -0.3 is 15.0 Å². The first kappa shape index (κ1) is 20.8. The second kappa shape index (κ2) is 8.60. The first-order valence-electron chi connectivity index (χ1n) is 10.1. The normalized spacial score (nSPS) is 15.1. The summed E-state index contributed by atoms with van der Waals surface area (Å²) in [7, 11) is 0. The molecule has 1 fully saturated rings. The molecule has 2 aromatic rings. The summed E-state index contributed by atoms with van der Waals surface area (Å²) in [5.41, 5.74) is 8.79. The number of benzene rings is 1. The van der Waals surface area contributed by atoms with Crippen LogP contribution in [0.3, 0.4) is 0 Å². The molecule has 6 heteroatoms. The van der Waals surface area contributed by atoms with Gasteiger partial charge in [0.05, 0.1) is 5.69 Å². The number of hydrogen-bond donors (Lipinski definition) is 1. The predicted molar refractivity (Wildman–Crippen MR) is 113 cm³/mol. The van der Waals surface area contributed by atoms with Gasteiger partial charge in [-0.1, -0.05) is 31.7 Å². The molecular weight excluding hydrogens is 370 g/mol. The average molecular weight is 402 g/mol. The minimum Gasteiger partial charge on any atom is -0.449 e. The van der Waals surface area contributed by atoms with Crippen LogP contribution in [0.4, 0.5) is 4.79 Å². The number of amides is 1. The summed E-state index contributed by atoms with van der Waals surface area (Å²) in [6.07, 6.45) is 2.37. The van der Waals surface area contributed by atoms with Crippen molar-refractivity contribution >= 4 is 17.9 Å². The number of carbonyl (C=O) groups is 1. The summed E-state index contributed by atoms with van der Waals surface area (Å²) in [5.74, 6) is 2.00. The molecule has 152 valence electrons. The van der Waals surface area contributed by atoms with Gasteiger partial charge >= 0.3 is 6.09 Å². The lowest BCUT2D eigenvalue weighted by Gasteiger charge is -2.20. The summed E-state index contributed by atoms with van der Waals surface area (Å²) in [6.45, 7) is 11.2. The van der Waals surface area contributed by atoms with Crippen molar-refractivity contribution in [3.05, 3.63) is 40.8 Å². The number of aryl methyl sites for hydroxylation is 2. The molecule has 1 saturated carbocycles. The topological polar surface area (TPSA) is 70.1 Å². The van der Waals surface area contributed by atoms with Gasteiger partial charge in [0.2, 0.25) is 0 Å². The Hall–Kier alpha value is -1.95. The monoisotopic (exact) mass is 401 g/mol. The summed E-state index contributed by atoms with van der Waals surface area (Å²) < 4.78 is 7.38. The lowest BCUT2D eigenvalue weighted by molar-refractivity contribution is 0.157. The molecule has 0 aliphatic heterocycles. The zero-order valence-electron chi connectivity index (χ0n) is 17.5. The summed E-state index contributed by atoms with van der Waals surface area (Å²) in [6, 6.07) is 7.05. The van der Waals surface area contributed by atoms with Crippen LogP contribution in [0.25, 0.3) is 0 Å². The van der Waals surface area contributed by atoms with E-state index in [1.807, 2.05) is 0 Å². The zero-order chi connectivity index (χ0) is 20.4. The van der Waals surface area contributed by atoms with Crippen molar-refractivity contribution < 1.29 is 9.53 Å². The largest absolute Gasteiger partial charge is 0.449 e. The van der Waals surface area contributed by atoms with E-state index < -0.39 is 6.09 Å². The Kier molecular flexibility index (Phi) is 6.38. The van der Waals surface area contributed by atoms with E-state index in [-0.39, 0.29) is 6.61 Å². The van der Waals surface area contributed by atoms with Crippen LogP contribution in [0.15, 0.2) is 28.1 Å². The number of nitrogens with zero attached hydrogens (tertiary/aromatic N) is 2. The van der Waals surface area contributed by atoms with Crippen molar-refractivity contribution in [3.63, 3.8) is 0 Å². The van der Waals surface area contributed by atoms with Crippen molar-refractivity contribution in [3.8, 4) is 0 Å². The van der Waals surface area contributed by atoms with Gasteiger partial charge in [0.25, 0.3) is 0 Å². The molecule has 2 N–H and O–H groups in total. The Balaban J connectivity index is 2.01. The molecule has 1 aliphatic carbocycles. The quantitative estimate of drug-likeness (QED) is 0.644. The number of primary amides is 1. The van der Waals surface area contributed by atoms with Crippen LogP contribution in [0.5, 0.6) is 0 Å². The lowest BCUT2D eigenvalue weighted by Crippen LogP contribution is -2.18. The maximum Gasteiger partial charge on any atom is 0.404 e. The average Bonchev–Trinajstić information content (AvgIpc) is 3.36. The molecule has 0 spiro atoms. The maximum atomic E-state index is 11.0. The summed E-state index contributed by atoms with van der Waals surface area (Å²) in [5, 5.41) is 1.22. The summed E-state index contributed by atoms with van der Waals surface area (Å²) >= 11 is 1.80. The van der Waals surface area contributed by atoms with Crippen LogP contribution in [0, 0.1) is 19.8 Å². The number of carbonyl (C=O) groups excluding carboxylic acids is 1. The highest BCUT2D eigenvalue weighted by Gasteiger charge is 2.33. The second-order valence-electron chi connectivity index (χ2n) is 8.16. The van der Waals surface area contributed by atoms with Crippen molar-refractivity contribution in [2.24, 2.45) is 11.7 Å². The first-order chi connectivity index (χ1) is 13.3. The molecule has 3 rings (SSSR count). The maximum absolute atomic E-state index is 11.0. The Morgan fingerprint density at radius 2 is 1.89 bits per heavy atom. The van der Waals surface area contributed by atoms with Crippen molar-refractivity contribution in [1.29, 1.82) is 0 Å². The van der Waals surface area contributed by atoms with Gasteiger partial charge in [-0.25, -0.2) is 9.78 Å². The van der Waals surface area contributed by atoms with Gasteiger partial charge in [-0.05, 0) is 68.7 Å². The fourth-order valence-corrected chi connectivity index (χ4v) is 5.16. The molecule has 0 radical (unpaired) electrons. The number of aromatic nitrogens is 2. The molecule has 1 atom stereocenters. The molecule has 1 aromatic heterocycles. The SMILES string of the molecule is Cc1cc(C)cc(Sc2c(C(C)C)nc(CCOC(N)=O)n2C(C)C2CC2)c1.